The predicted octanol–water partition coefficient (Wildman–Crippen LogP) is 3.75. The van der Waals surface area contributed by atoms with E-state index in [1.54, 1.807) is 0 Å². The van der Waals surface area contributed by atoms with Gasteiger partial charge < -0.3 is 9.88 Å². The largest absolute Gasteiger partial charge is 0.337 e. The topological polar surface area (TPSA) is 29.9 Å². The molecule has 0 saturated carbocycles. The first kappa shape index (κ1) is 14.0. The minimum absolute atomic E-state index is 0.438. The zero-order valence-corrected chi connectivity index (χ0v) is 12.8. The van der Waals surface area contributed by atoms with Crippen molar-refractivity contribution in [3.63, 3.8) is 0 Å². The highest BCUT2D eigenvalue weighted by atomic mass is 35.5. The third-order valence-corrected chi connectivity index (χ3v) is 4.91. The molecule has 1 aromatic heterocycles. The molecule has 20 heavy (non-hydrogen) atoms. The summed E-state index contributed by atoms with van der Waals surface area (Å²) in [4.78, 5) is 5.42. The first-order chi connectivity index (χ1) is 9.83. The van der Waals surface area contributed by atoms with E-state index in [4.69, 9.17) is 11.6 Å². The van der Waals surface area contributed by atoms with Crippen LogP contribution >= 0.6 is 23.4 Å². The number of nitrogens with zero attached hydrogens (tertiary/aromatic N) is 2. The third kappa shape index (κ3) is 3.37. The Morgan fingerprint density at radius 1 is 1.45 bits per heavy atom. The number of aromatic nitrogens is 2. The Balaban J connectivity index is 1.55. The second-order valence-corrected chi connectivity index (χ2v) is 6.55. The zero-order valence-electron chi connectivity index (χ0n) is 11.3. The van der Waals surface area contributed by atoms with Crippen LogP contribution in [0.5, 0.6) is 0 Å². The fourth-order valence-corrected chi connectivity index (χ4v) is 3.82. The fraction of sp³-hybridized carbons (Fsp3) is 0.400. The van der Waals surface area contributed by atoms with Crippen molar-refractivity contribution in [3.8, 4) is 0 Å². The van der Waals surface area contributed by atoms with Gasteiger partial charge in [0, 0.05) is 34.9 Å². The van der Waals surface area contributed by atoms with Crippen LogP contribution < -0.4 is 5.32 Å². The molecule has 1 aromatic carbocycles. The predicted molar refractivity (Wildman–Crippen MR) is 84.4 cm³/mol. The minimum Gasteiger partial charge on any atom is -0.337 e. The van der Waals surface area contributed by atoms with Crippen molar-refractivity contribution in [2.45, 2.75) is 30.3 Å². The molecule has 3 rings (SSSR count). The van der Waals surface area contributed by atoms with Crippen LogP contribution in [0.2, 0.25) is 5.02 Å². The number of thioether (sulfide) groups is 1. The highest BCUT2D eigenvalue weighted by Gasteiger charge is 2.20. The number of halogens is 1. The summed E-state index contributed by atoms with van der Waals surface area (Å²) in [6.07, 6.45) is 7.97. The fourth-order valence-electron chi connectivity index (χ4n) is 2.53. The summed E-state index contributed by atoms with van der Waals surface area (Å²) < 4.78 is 2.11. The van der Waals surface area contributed by atoms with Crippen LogP contribution in [0.25, 0.3) is 0 Å². The van der Waals surface area contributed by atoms with Crippen LogP contribution in [0.1, 0.15) is 24.4 Å². The van der Waals surface area contributed by atoms with Gasteiger partial charge in [0.1, 0.15) is 0 Å². The molecule has 0 amide bonds. The SMILES string of the molecule is Clc1ccc2c(c1)C(NCCCn1ccnc1)CCS2. The maximum atomic E-state index is 6.12. The molecule has 2 heterocycles. The quantitative estimate of drug-likeness (QED) is 0.853. The van der Waals surface area contributed by atoms with E-state index in [0.29, 0.717) is 6.04 Å². The van der Waals surface area contributed by atoms with Crippen molar-refractivity contribution in [2.75, 3.05) is 12.3 Å². The third-order valence-electron chi connectivity index (χ3n) is 3.55. The number of imidazole rings is 1. The van der Waals surface area contributed by atoms with Gasteiger partial charge in [0.2, 0.25) is 0 Å². The van der Waals surface area contributed by atoms with Crippen LogP contribution in [-0.4, -0.2) is 21.8 Å². The molecule has 106 valence electrons. The molecule has 1 aliphatic heterocycles. The van der Waals surface area contributed by atoms with E-state index in [0.717, 1.165) is 24.5 Å². The normalized spacial score (nSPS) is 17.9. The lowest BCUT2D eigenvalue weighted by atomic mass is 10.0. The number of benzene rings is 1. The van der Waals surface area contributed by atoms with E-state index in [1.807, 2.05) is 36.5 Å². The molecule has 0 spiro atoms. The maximum Gasteiger partial charge on any atom is 0.0945 e. The molecule has 3 nitrogen and oxygen atoms in total. The summed E-state index contributed by atoms with van der Waals surface area (Å²) in [6.45, 7) is 2.02. The van der Waals surface area contributed by atoms with Gasteiger partial charge in [-0.2, -0.15) is 0 Å². The number of aryl methyl sites for hydroxylation is 1. The van der Waals surface area contributed by atoms with Gasteiger partial charge in [-0.25, -0.2) is 4.98 Å². The number of nitrogens with one attached hydrogen (secondary N) is 1. The van der Waals surface area contributed by atoms with Crippen molar-refractivity contribution in [2.24, 2.45) is 0 Å². The van der Waals surface area contributed by atoms with E-state index in [1.165, 1.54) is 22.6 Å². The molecule has 1 unspecified atom stereocenters. The van der Waals surface area contributed by atoms with Gasteiger partial charge in [0.15, 0.2) is 0 Å². The summed E-state index contributed by atoms with van der Waals surface area (Å²) in [5, 5.41) is 4.49. The molecule has 1 N–H and O–H groups in total. The van der Waals surface area contributed by atoms with Gasteiger partial charge in [-0.05, 0) is 48.9 Å². The van der Waals surface area contributed by atoms with E-state index in [9.17, 15) is 0 Å². The second kappa shape index (κ2) is 6.66. The summed E-state index contributed by atoms with van der Waals surface area (Å²) in [5.74, 6) is 1.17. The summed E-state index contributed by atoms with van der Waals surface area (Å²) in [6, 6.07) is 6.67. The van der Waals surface area contributed by atoms with Gasteiger partial charge in [-0.1, -0.05) is 11.6 Å². The van der Waals surface area contributed by atoms with Gasteiger partial charge >= 0.3 is 0 Å². The van der Waals surface area contributed by atoms with Gasteiger partial charge in [0.05, 0.1) is 6.33 Å². The highest BCUT2D eigenvalue weighted by molar-refractivity contribution is 7.99. The van der Waals surface area contributed by atoms with Gasteiger partial charge in [-0.3, -0.25) is 0 Å². The van der Waals surface area contributed by atoms with Crippen LogP contribution in [0.15, 0.2) is 41.8 Å². The molecule has 2 aromatic rings. The van der Waals surface area contributed by atoms with E-state index >= 15 is 0 Å². The Bertz CT molecular complexity index is 556. The lowest BCUT2D eigenvalue weighted by Crippen LogP contribution is -2.26. The standard InChI is InChI=1S/C15H18ClN3S/c16-12-2-3-15-13(10-12)14(4-9-20-15)18-5-1-7-19-8-6-17-11-19/h2-3,6,8,10-11,14,18H,1,4-5,7,9H2. The summed E-state index contributed by atoms with van der Waals surface area (Å²) in [5.41, 5.74) is 1.36. The number of hydrogen-bond acceptors (Lipinski definition) is 3. The first-order valence-corrected chi connectivity index (χ1v) is 8.30. The van der Waals surface area contributed by atoms with Crippen molar-refractivity contribution >= 4 is 23.4 Å². The van der Waals surface area contributed by atoms with Gasteiger partial charge in [0.25, 0.3) is 0 Å². The number of hydrogen-bond donors (Lipinski definition) is 1. The van der Waals surface area contributed by atoms with Crippen LogP contribution in [0.4, 0.5) is 0 Å². The molecule has 1 atom stereocenters. The van der Waals surface area contributed by atoms with Crippen molar-refractivity contribution in [1.82, 2.24) is 14.9 Å². The Kier molecular flexibility index (Phi) is 4.65. The number of fused-ring (bicyclic) bond motifs is 1. The van der Waals surface area contributed by atoms with Crippen LogP contribution in [-0.2, 0) is 6.54 Å². The van der Waals surface area contributed by atoms with E-state index in [-0.39, 0.29) is 0 Å². The molecule has 0 radical (unpaired) electrons. The molecule has 5 heteroatoms. The Morgan fingerprint density at radius 3 is 3.25 bits per heavy atom. The van der Waals surface area contributed by atoms with Crippen molar-refractivity contribution in [1.29, 1.82) is 0 Å². The molecule has 0 bridgehead atoms. The molecule has 0 saturated heterocycles. The molecule has 0 aliphatic carbocycles. The molecular weight excluding hydrogens is 290 g/mol. The first-order valence-electron chi connectivity index (χ1n) is 6.94. The average molecular weight is 308 g/mol. The van der Waals surface area contributed by atoms with Crippen LogP contribution in [0, 0.1) is 0 Å². The molecule has 0 fully saturated rings. The summed E-state index contributed by atoms with van der Waals surface area (Å²) in [7, 11) is 0. The maximum absolute atomic E-state index is 6.12. The van der Waals surface area contributed by atoms with Crippen molar-refractivity contribution in [3.05, 3.63) is 47.5 Å². The highest BCUT2D eigenvalue weighted by Crippen LogP contribution is 2.37. The van der Waals surface area contributed by atoms with E-state index in [2.05, 4.69) is 27.0 Å². The number of rotatable bonds is 5. The molecule has 1 aliphatic rings. The Hall–Kier alpha value is -0.970. The Labute approximate surface area is 128 Å². The summed E-state index contributed by atoms with van der Waals surface area (Å²) >= 11 is 8.05. The molecular formula is C15H18ClN3S. The minimum atomic E-state index is 0.438. The average Bonchev–Trinajstić information content (AvgIpc) is 2.97. The lowest BCUT2D eigenvalue weighted by Gasteiger charge is -2.26. The smallest absolute Gasteiger partial charge is 0.0945 e. The van der Waals surface area contributed by atoms with Crippen molar-refractivity contribution < 1.29 is 0 Å². The van der Waals surface area contributed by atoms with Crippen LogP contribution in [0.3, 0.4) is 0 Å². The zero-order chi connectivity index (χ0) is 13.8. The van der Waals surface area contributed by atoms with E-state index < -0.39 is 0 Å². The monoisotopic (exact) mass is 307 g/mol. The lowest BCUT2D eigenvalue weighted by molar-refractivity contribution is 0.485. The van der Waals surface area contributed by atoms with Gasteiger partial charge in [-0.15, -0.1) is 11.8 Å². The second-order valence-electron chi connectivity index (χ2n) is 4.98. The Morgan fingerprint density at radius 2 is 2.40 bits per heavy atom.